The number of hydrogen-bond acceptors (Lipinski definition) is 2. The minimum Gasteiger partial charge on any atom is -0.508 e. The van der Waals surface area contributed by atoms with Gasteiger partial charge in [-0.3, -0.25) is 0 Å². The summed E-state index contributed by atoms with van der Waals surface area (Å²) in [5.41, 5.74) is 6.27. The molecule has 0 aromatic heterocycles. The largest absolute Gasteiger partial charge is 0.508 e. The standard InChI is InChI=1S/C24H22O2/c1-14(25)21-22-15-8-2-4-10-17(15)23(18-11-5-3-9-16(18)22)24(21)19-12-6-7-13-20(19)26/h2-14,21-26H,1H3/t14-,21+,22?,23?,24+/m1/s1. The Hall–Kier alpha value is -2.58. The van der Waals surface area contributed by atoms with Crippen molar-refractivity contribution >= 4 is 0 Å². The predicted molar refractivity (Wildman–Crippen MR) is 103 cm³/mol. The van der Waals surface area contributed by atoms with Gasteiger partial charge in [0.05, 0.1) is 6.10 Å². The van der Waals surface area contributed by atoms with Gasteiger partial charge in [-0.2, -0.15) is 0 Å². The first kappa shape index (κ1) is 15.7. The summed E-state index contributed by atoms with van der Waals surface area (Å²) >= 11 is 0. The van der Waals surface area contributed by atoms with E-state index in [1.165, 1.54) is 22.3 Å². The quantitative estimate of drug-likeness (QED) is 0.705. The Morgan fingerprint density at radius 3 is 1.54 bits per heavy atom. The van der Waals surface area contributed by atoms with Crippen LogP contribution in [0.5, 0.6) is 5.75 Å². The molecule has 26 heavy (non-hydrogen) atoms. The van der Waals surface area contributed by atoms with Gasteiger partial charge in [0, 0.05) is 23.7 Å². The van der Waals surface area contributed by atoms with Crippen molar-refractivity contribution < 1.29 is 10.2 Å². The van der Waals surface area contributed by atoms with Gasteiger partial charge in [0.15, 0.2) is 0 Å². The van der Waals surface area contributed by atoms with Gasteiger partial charge in [0.1, 0.15) is 5.75 Å². The number of aliphatic hydroxyl groups excluding tert-OH is 1. The zero-order valence-electron chi connectivity index (χ0n) is 14.7. The number of rotatable bonds is 2. The summed E-state index contributed by atoms with van der Waals surface area (Å²) in [7, 11) is 0. The SMILES string of the molecule is C[C@@H](O)[C@H]1C2c3ccccc3C(c3ccccc32)[C@H]1c1ccccc1O. The smallest absolute Gasteiger partial charge is 0.119 e. The molecule has 2 heteroatoms. The fourth-order valence-electron chi connectivity index (χ4n) is 5.46. The third kappa shape index (κ3) is 2.02. The van der Waals surface area contributed by atoms with E-state index in [-0.39, 0.29) is 23.7 Å². The molecule has 3 aromatic carbocycles. The van der Waals surface area contributed by atoms with E-state index in [1.54, 1.807) is 6.07 Å². The molecule has 0 amide bonds. The average Bonchev–Trinajstić information content (AvgIpc) is 2.67. The van der Waals surface area contributed by atoms with E-state index >= 15 is 0 Å². The number of benzene rings is 3. The molecule has 130 valence electrons. The summed E-state index contributed by atoms with van der Waals surface area (Å²) in [4.78, 5) is 0. The van der Waals surface area contributed by atoms with Crippen LogP contribution in [0.25, 0.3) is 0 Å². The molecular formula is C24H22O2. The maximum atomic E-state index is 10.8. The van der Waals surface area contributed by atoms with Crippen LogP contribution in [0.4, 0.5) is 0 Å². The van der Waals surface area contributed by atoms with Crippen LogP contribution in [0.2, 0.25) is 0 Å². The molecule has 0 saturated heterocycles. The molecule has 0 heterocycles. The Morgan fingerprint density at radius 1 is 0.654 bits per heavy atom. The maximum absolute atomic E-state index is 10.8. The highest BCUT2D eigenvalue weighted by Gasteiger charge is 2.52. The van der Waals surface area contributed by atoms with Gasteiger partial charge in [-0.25, -0.2) is 0 Å². The van der Waals surface area contributed by atoms with E-state index in [2.05, 4.69) is 48.5 Å². The zero-order chi connectivity index (χ0) is 17.8. The third-order valence-electron chi connectivity index (χ3n) is 6.34. The van der Waals surface area contributed by atoms with E-state index in [0.717, 1.165) is 5.56 Å². The summed E-state index contributed by atoms with van der Waals surface area (Å²) in [6.07, 6.45) is -0.464. The highest BCUT2D eigenvalue weighted by atomic mass is 16.3. The molecule has 0 spiro atoms. The molecule has 3 atom stereocenters. The minimum absolute atomic E-state index is 0.0399. The van der Waals surface area contributed by atoms with Crippen LogP contribution in [-0.4, -0.2) is 16.3 Å². The number of aromatic hydroxyl groups is 1. The number of hydrogen-bond donors (Lipinski definition) is 2. The number of phenols is 1. The van der Waals surface area contributed by atoms with Crippen molar-refractivity contribution in [1.29, 1.82) is 0 Å². The van der Waals surface area contributed by atoms with Crippen molar-refractivity contribution in [2.75, 3.05) is 0 Å². The van der Waals surface area contributed by atoms with Crippen molar-refractivity contribution in [2.24, 2.45) is 5.92 Å². The average molecular weight is 342 g/mol. The first-order valence-corrected chi connectivity index (χ1v) is 9.32. The van der Waals surface area contributed by atoms with Crippen LogP contribution < -0.4 is 0 Å². The first-order valence-electron chi connectivity index (χ1n) is 9.32. The Balaban J connectivity index is 1.83. The summed E-state index contributed by atoms with van der Waals surface area (Å²) in [5, 5.41) is 21.4. The Bertz CT molecular complexity index is 928. The van der Waals surface area contributed by atoms with E-state index in [1.807, 2.05) is 25.1 Å². The van der Waals surface area contributed by atoms with Crippen molar-refractivity contribution in [3.8, 4) is 5.75 Å². The second kappa shape index (κ2) is 5.72. The Labute approximate surface area is 153 Å². The molecule has 6 rings (SSSR count). The number of phenolic OH excluding ortho intramolecular Hbond substituents is 1. The van der Waals surface area contributed by atoms with Gasteiger partial charge in [-0.15, -0.1) is 0 Å². The number of para-hydroxylation sites is 1. The highest BCUT2D eigenvalue weighted by Crippen LogP contribution is 2.63. The lowest BCUT2D eigenvalue weighted by atomic mass is 9.52. The molecule has 0 unspecified atom stereocenters. The van der Waals surface area contributed by atoms with Crippen molar-refractivity contribution in [3.05, 3.63) is 101 Å². The number of fused-ring (bicyclic) bond motifs is 1. The predicted octanol–water partition coefficient (Wildman–Crippen LogP) is 4.76. The molecule has 2 N–H and O–H groups in total. The molecule has 2 bridgehead atoms. The molecular weight excluding hydrogens is 320 g/mol. The minimum atomic E-state index is -0.464. The molecule has 0 radical (unpaired) electrons. The van der Waals surface area contributed by atoms with E-state index in [4.69, 9.17) is 0 Å². The normalized spacial score (nSPS) is 26.8. The highest BCUT2D eigenvalue weighted by molar-refractivity contribution is 5.60. The van der Waals surface area contributed by atoms with Crippen LogP contribution in [0.1, 0.15) is 52.5 Å². The zero-order valence-corrected chi connectivity index (χ0v) is 14.7. The lowest BCUT2D eigenvalue weighted by Gasteiger charge is -2.52. The van der Waals surface area contributed by atoms with Gasteiger partial charge in [-0.05, 0) is 40.8 Å². The van der Waals surface area contributed by atoms with Gasteiger partial charge in [0.25, 0.3) is 0 Å². The number of aliphatic hydroxyl groups is 1. The van der Waals surface area contributed by atoms with Crippen LogP contribution >= 0.6 is 0 Å². The van der Waals surface area contributed by atoms with Crippen LogP contribution in [0.3, 0.4) is 0 Å². The fourth-order valence-corrected chi connectivity index (χ4v) is 5.46. The van der Waals surface area contributed by atoms with Gasteiger partial charge in [0.2, 0.25) is 0 Å². The molecule has 0 fully saturated rings. The van der Waals surface area contributed by atoms with Crippen LogP contribution in [-0.2, 0) is 0 Å². The summed E-state index contributed by atoms with van der Waals surface area (Å²) in [6.45, 7) is 1.89. The lowest BCUT2D eigenvalue weighted by molar-refractivity contribution is 0.0808. The third-order valence-corrected chi connectivity index (χ3v) is 6.34. The first-order chi connectivity index (χ1) is 12.7. The summed E-state index contributed by atoms with van der Waals surface area (Å²) < 4.78 is 0. The topological polar surface area (TPSA) is 40.5 Å². The fraction of sp³-hybridized carbons (Fsp3) is 0.250. The van der Waals surface area contributed by atoms with Gasteiger partial charge < -0.3 is 10.2 Å². The van der Waals surface area contributed by atoms with Crippen molar-refractivity contribution in [2.45, 2.75) is 30.8 Å². The maximum Gasteiger partial charge on any atom is 0.119 e. The van der Waals surface area contributed by atoms with Crippen molar-refractivity contribution in [1.82, 2.24) is 0 Å². The van der Waals surface area contributed by atoms with E-state index in [0.29, 0.717) is 5.75 Å². The summed E-state index contributed by atoms with van der Waals surface area (Å²) in [6, 6.07) is 24.8. The van der Waals surface area contributed by atoms with Crippen molar-refractivity contribution in [3.63, 3.8) is 0 Å². The van der Waals surface area contributed by atoms with E-state index in [9.17, 15) is 10.2 Å². The van der Waals surface area contributed by atoms with Gasteiger partial charge >= 0.3 is 0 Å². The molecule has 3 aliphatic carbocycles. The van der Waals surface area contributed by atoms with E-state index < -0.39 is 6.10 Å². The molecule has 3 aliphatic rings. The van der Waals surface area contributed by atoms with Crippen LogP contribution in [0, 0.1) is 5.92 Å². The second-order valence-corrected chi connectivity index (χ2v) is 7.62. The molecule has 0 aliphatic heterocycles. The molecule has 0 saturated carbocycles. The second-order valence-electron chi connectivity index (χ2n) is 7.62. The van der Waals surface area contributed by atoms with Gasteiger partial charge in [-0.1, -0.05) is 66.7 Å². The lowest BCUT2D eigenvalue weighted by Crippen LogP contribution is -2.43. The Morgan fingerprint density at radius 2 is 1.08 bits per heavy atom. The molecule has 3 aromatic rings. The molecule has 2 nitrogen and oxygen atoms in total. The Kier molecular flexibility index (Phi) is 3.44. The van der Waals surface area contributed by atoms with Crippen LogP contribution in [0.15, 0.2) is 72.8 Å². The summed E-state index contributed by atoms with van der Waals surface area (Å²) in [5.74, 6) is 0.729. The monoisotopic (exact) mass is 342 g/mol.